The van der Waals surface area contributed by atoms with Crippen LogP contribution in [0.5, 0.6) is 0 Å². The lowest BCUT2D eigenvalue weighted by Gasteiger charge is -2.22. The number of carbonyl (C=O) groups is 1. The van der Waals surface area contributed by atoms with Gasteiger partial charge in [-0.2, -0.15) is 4.99 Å². The number of benzene rings is 1. The number of nitrogens with two attached hydrogens (primary N) is 2. The lowest BCUT2D eigenvalue weighted by atomic mass is 10.2. The highest BCUT2D eigenvalue weighted by Crippen LogP contribution is 2.32. The van der Waals surface area contributed by atoms with E-state index in [9.17, 15) is 4.79 Å². The molecule has 0 saturated heterocycles. The number of rotatable bonds is 3. The Morgan fingerprint density at radius 2 is 1.72 bits per heavy atom. The first-order valence-corrected chi connectivity index (χ1v) is 7.99. The summed E-state index contributed by atoms with van der Waals surface area (Å²) >= 11 is 3.48. The minimum atomic E-state index is -0.493. The Bertz CT molecular complexity index is 836. The molecular formula is C16H20BrClN6O. The summed E-state index contributed by atoms with van der Waals surface area (Å²) in [5.74, 6) is -0.00694. The molecule has 0 aliphatic rings. The van der Waals surface area contributed by atoms with E-state index in [1.54, 1.807) is 18.2 Å². The van der Waals surface area contributed by atoms with E-state index in [1.807, 2.05) is 32.7 Å². The maximum atomic E-state index is 11.9. The van der Waals surface area contributed by atoms with Crippen LogP contribution in [0.4, 0.5) is 11.5 Å². The van der Waals surface area contributed by atoms with Gasteiger partial charge in [-0.05, 0) is 54.9 Å². The fraction of sp³-hybridized carbons (Fsp3) is 0.250. The average Bonchev–Trinajstić information content (AvgIpc) is 2.49. The molecule has 9 heteroatoms. The molecule has 2 rings (SSSR count). The molecule has 0 bridgehead atoms. The van der Waals surface area contributed by atoms with Gasteiger partial charge in [0, 0.05) is 17.1 Å². The molecule has 1 heterocycles. The third kappa shape index (κ3) is 4.67. The van der Waals surface area contributed by atoms with Gasteiger partial charge in [-0.15, -0.1) is 12.4 Å². The summed E-state index contributed by atoms with van der Waals surface area (Å²) in [6.45, 7) is 5.76. The van der Waals surface area contributed by atoms with Gasteiger partial charge in [0.25, 0.3) is 5.91 Å². The summed E-state index contributed by atoms with van der Waals surface area (Å²) in [5.41, 5.74) is 14.3. The van der Waals surface area contributed by atoms with Crippen LogP contribution in [0.15, 0.2) is 27.7 Å². The van der Waals surface area contributed by atoms with Crippen LogP contribution in [0.2, 0.25) is 0 Å². The van der Waals surface area contributed by atoms with Gasteiger partial charge in [0.1, 0.15) is 0 Å². The van der Waals surface area contributed by atoms with Crippen LogP contribution < -0.4 is 16.4 Å². The normalized spacial score (nSPS) is 9.96. The lowest BCUT2D eigenvalue weighted by molar-refractivity contribution is 0.100. The Morgan fingerprint density at radius 3 is 2.28 bits per heavy atom. The maximum absolute atomic E-state index is 11.9. The molecule has 0 atom stereocenters. The van der Waals surface area contributed by atoms with E-state index >= 15 is 0 Å². The molecule has 0 aliphatic carbocycles. The number of nitrogens with zero attached hydrogens (tertiary/aromatic N) is 4. The van der Waals surface area contributed by atoms with E-state index in [1.165, 1.54) is 0 Å². The van der Waals surface area contributed by atoms with E-state index < -0.39 is 5.91 Å². The van der Waals surface area contributed by atoms with Gasteiger partial charge in [0.15, 0.2) is 11.8 Å². The molecule has 2 aromatic rings. The summed E-state index contributed by atoms with van der Waals surface area (Å²) in [7, 11) is 1.89. The number of hydrogen-bond acceptors (Lipinski definition) is 4. The second-order valence-corrected chi connectivity index (χ2v) is 6.22. The quantitative estimate of drug-likeness (QED) is 0.575. The molecule has 134 valence electrons. The van der Waals surface area contributed by atoms with Crippen molar-refractivity contribution in [3.05, 3.63) is 45.3 Å². The van der Waals surface area contributed by atoms with Gasteiger partial charge in [-0.1, -0.05) is 0 Å². The molecule has 0 unspecified atom stereocenters. The number of carbonyl (C=O) groups excluding carboxylic acids is 1. The van der Waals surface area contributed by atoms with Crippen LogP contribution in [0.3, 0.4) is 0 Å². The van der Waals surface area contributed by atoms with Gasteiger partial charge in [-0.3, -0.25) is 9.78 Å². The van der Waals surface area contributed by atoms with Crippen LogP contribution >= 0.6 is 28.3 Å². The van der Waals surface area contributed by atoms with Crippen molar-refractivity contribution >= 4 is 51.7 Å². The van der Waals surface area contributed by atoms with E-state index in [2.05, 4.69) is 30.9 Å². The van der Waals surface area contributed by atoms with E-state index in [-0.39, 0.29) is 18.4 Å². The van der Waals surface area contributed by atoms with Crippen molar-refractivity contribution in [3.63, 3.8) is 0 Å². The minimum absolute atomic E-state index is 0. The molecule has 0 aliphatic heterocycles. The first kappa shape index (κ1) is 20.9. The molecule has 25 heavy (non-hydrogen) atoms. The first-order chi connectivity index (χ1) is 11.2. The largest absolute Gasteiger partial charge is 0.370 e. The molecule has 1 aromatic heterocycles. The highest BCUT2D eigenvalue weighted by atomic mass is 79.9. The van der Waals surface area contributed by atoms with Crippen molar-refractivity contribution in [2.24, 2.45) is 16.5 Å². The third-order valence-corrected chi connectivity index (χ3v) is 4.20. The zero-order chi connectivity index (χ0) is 18.0. The van der Waals surface area contributed by atoms with Gasteiger partial charge in [-0.25, -0.2) is 4.98 Å². The van der Waals surface area contributed by atoms with Gasteiger partial charge in [0.05, 0.1) is 22.8 Å². The maximum Gasteiger partial charge on any atom is 0.280 e. The number of aliphatic imine (C=N–C) groups is 1. The van der Waals surface area contributed by atoms with Crippen molar-refractivity contribution in [2.75, 3.05) is 11.9 Å². The Hall–Kier alpha value is -2.19. The fourth-order valence-electron chi connectivity index (χ4n) is 2.23. The van der Waals surface area contributed by atoms with Crippen LogP contribution in [0.25, 0.3) is 0 Å². The third-order valence-electron chi connectivity index (χ3n) is 3.56. The summed E-state index contributed by atoms with van der Waals surface area (Å²) in [6, 6.07) is 5.13. The SMILES string of the molecule is Cc1nc(C)c(N(C)c2ccc(C(=O)N=C(N)N)cc2Br)nc1C.Cl. The van der Waals surface area contributed by atoms with Crippen LogP contribution in [0.1, 0.15) is 27.4 Å². The molecule has 0 spiro atoms. The number of guanidine groups is 1. The standard InChI is InChI=1S/C16H19BrN6O.ClH/c1-8-9(2)21-14(10(3)20-8)23(4)13-6-5-11(7-12(13)17)15(24)22-16(18)19;/h5-7H,1-4H3,(H4,18,19,22,24);1H. The Morgan fingerprint density at radius 1 is 1.12 bits per heavy atom. The zero-order valence-corrected chi connectivity index (χ0v) is 16.8. The number of halogens is 2. The lowest BCUT2D eigenvalue weighted by Crippen LogP contribution is -2.24. The highest BCUT2D eigenvalue weighted by Gasteiger charge is 2.16. The van der Waals surface area contributed by atoms with E-state index in [0.29, 0.717) is 5.56 Å². The van der Waals surface area contributed by atoms with Crippen molar-refractivity contribution in [3.8, 4) is 0 Å². The summed E-state index contributed by atoms with van der Waals surface area (Å²) in [4.78, 5) is 26.5. The summed E-state index contributed by atoms with van der Waals surface area (Å²) < 4.78 is 0.723. The molecule has 7 nitrogen and oxygen atoms in total. The van der Waals surface area contributed by atoms with Gasteiger partial charge in [0.2, 0.25) is 0 Å². The molecule has 1 amide bonds. The smallest absolute Gasteiger partial charge is 0.280 e. The number of hydrogen-bond donors (Lipinski definition) is 2. The molecule has 4 N–H and O–H groups in total. The predicted molar refractivity (Wildman–Crippen MR) is 106 cm³/mol. The molecule has 1 aromatic carbocycles. The van der Waals surface area contributed by atoms with Crippen LogP contribution in [-0.2, 0) is 0 Å². The Balaban J connectivity index is 0.00000312. The minimum Gasteiger partial charge on any atom is -0.370 e. The Kier molecular flexibility index (Phi) is 6.89. The number of aryl methyl sites for hydroxylation is 3. The molecular weight excluding hydrogens is 408 g/mol. The zero-order valence-electron chi connectivity index (χ0n) is 14.4. The Labute approximate surface area is 161 Å². The van der Waals surface area contributed by atoms with Crippen LogP contribution in [0, 0.1) is 20.8 Å². The second kappa shape index (κ2) is 8.26. The number of anilines is 2. The second-order valence-electron chi connectivity index (χ2n) is 5.37. The molecule has 0 radical (unpaired) electrons. The number of amides is 1. The average molecular weight is 428 g/mol. The van der Waals surface area contributed by atoms with Gasteiger partial charge >= 0.3 is 0 Å². The van der Waals surface area contributed by atoms with Crippen molar-refractivity contribution in [1.82, 2.24) is 9.97 Å². The number of aromatic nitrogens is 2. The molecule has 0 fully saturated rings. The monoisotopic (exact) mass is 426 g/mol. The van der Waals surface area contributed by atoms with Crippen molar-refractivity contribution in [2.45, 2.75) is 20.8 Å². The summed E-state index contributed by atoms with van der Waals surface area (Å²) in [6.07, 6.45) is 0. The summed E-state index contributed by atoms with van der Waals surface area (Å²) in [5, 5.41) is 0. The van der Waals surface area contributed by atoms with Crippen LogP contribution in [-0.4, -0.2) is 28.9 Å². The van der Waals surface area contributed by atoms with E-state index in [4.69, 9.17) is 11.5 Å². The predicted octanol–water partition coefficient (Wildman–Crippen LogP) is 2.77. The van der Waals surface area contributed by atoms with Crippen molar-refractivity contribution < 1.29 is 4.79 Å². The van der Waals surface area contributed by atoms with Crippen molar-refractivity contribution in [1.29, 1.82) is 0 Å². The highest BCUT2D eigenvalue weighted by molar-refractivity contribution is 9.10. The fourth-order valence-corrected chi connectivity index (χ4v) is 2.87. The topological polar surface area (TPSA) is 110 Å². The van der Waals surface area contributed by atoms with Gasteiger partial charge < -0.3 is 16.4 Å². The molecule has 0 saturated carbocycles. The first-order valence-electron chi connectivity index (χ1n) is 7.19. The van der Waals surface area contributed by atoms with E-state index in [0.717, 1.165) is 33.1 Å².